The summed E-state index contributed by atoms with van der Waals surface area (Å²) in [5.41, 5.74) is 2.11. The van der Waals surface area contributed by atoms with Crippen LogP contribution in [0.4, 0.5) is 0 Å². The summed E-state index contributed by atoms with van der Waals surface area (Å²) < 4.78 is 0. The first-order chi connectivity index (χ1) is 8.70. The molecule has 0 radical (unpaired) electrons. The third-order valence-corrected chi connectivity index (χ3v) is 2.57. The van der Waals surface area contributed by atoms with Crippen LogP contribution >= 0.6 is 0 Å². The van der Waals surface area contributed by atoms with Gasteiger partial charge >= 0.3 is 0 Å². The number of ketones is 1. The van der Waals surface area contributed by atoms with Crippen molar-refractivity contribution in [1.82, 2.24) is 0 Å². The molecule has 0 N–H and O–H groups in total. The van der Waals surface area contributed by atoms with Gasteiger partial charge in [0.1, 0.15) is 5.78 Å². The zero-order valence-corrected chi connectivity index (χ0v) is 12.1. The first-order valence-corrected chi connectivity index (χ1v) is 6.55. The molecule has 1 atom stereocenters. The van der Waals surface area contributed by atoms with E-state index >= 15 is 0 Å². The normalized spacial score (nSPS) is 12.8. The fourth-order valence-corrected chi connectivity index (χ4v) is 1.86. The van der Waals surface area contributed by atoms with Gasteiger partial charge in [0.15, 0.2) is 0 Å². The highest BCUT2D eigenvalue weighted by Crippen LogP contribution is 2.26. The molecule has 1 aromatic carbocycles. The van der Waals surface area contributed by atoms with Crippen LogP contribution in [0, 0.1) is 0 Å². The number of rotatable bonds is 4. The Morgan fingerprint density at radius 2 is 1.67 bits per heavy atom. The molecule has 0 bridgehead atoms. The summed E-state index contributed by atoms with van der Waals surface area (Å²) in [6.07, 6.45) is 5.96. The van der Waals surface area contributed by atoms with Gasteiger partial charge in [-0.3, -0.25) is 4.79 Å². The number of carbonyl (C=O) groups excluding carboxylic acids is 1. The van der Waals surface area contributed by atoms with Crippen molar-refractivity contribution in [2.45, 2.75) is 40.5 Å². The van der Waals surface area contributed by atoms with Crippen LogP contribution < -0.4 is 0 Å². The third-order valence-electron chi connectivity index (χ3n) is 2.57. The summed E-state index contributed by atoms with van der Waals surface area (Å²) in [5, 5.41) is 0. The Bertz CT molecular complexity index is 399. The Labute approximate surface area is 111 Å². The molecule has 0 saturated heterocycles. The summed E-state index contributed by atoms with van der Waals surface area (Å²) in [4.78, 5) is 11.7. The van der Waals surface area contributed by atoms with E-state index in [9.17, 15) is 4.79 Å². The van der Waals surface area contributed by atoms with Gasteiger partial charge in [0.25, 0.3) is 0 Å². The van der Waals surface area contributed by atoms with Gasteiger partial charge in [-0.15, -0.1) is 0 Å². The summed E-state index contributed by atoms with van der Waals surface area (Å²) in [7, 11) is 0. The van der Waals surface area contributed by atoms with Gasteiger partial charge in [-0.25, -0.2) is 0 Å². The van der Waals surface area contributed by atoms with E-state index in [1.165, 1.54) is 0 Å². The second kappa shape index (κ2) is 9.41. The second-order valence-corrected chi connectivity index (χ2v) is 3.74. The number of hydrogen-bond donors (Lipinski definition) is 0. The number of benzene rings is 1. The van der Waals surface area contributed by atoms with Crippen molar-refractivity contribution in [2.24, 2.45) is 0 Å². The third kappa shape index (κ3) is 4.70. The minimum Gasteiger partial charge on any atom is -0.299 e. The predicted octanol–water partition coefficient (Wildman–Crippen LogP) is 4.91. The molecule has 1 heteroatoms. The average molecular weight is 244 g/mol. The van der Waals surface area contributed by atoms with Crippen LogP contribution in [0.5, 0.6) is 0 Å². The number of allylic oxidation sites excluding steroid dienone is 4. The highest BCUT2D eigenvalue weighted by atomic mass is 16.1. The summed E-state index contributed by atoms with van der Waals surface area (Å²) >= 11 is 0. The lowest BCUT2D eigenvalue weighted by Crippen LogP contribution is -2.10. The first kappa shape index (κ1) is 16.4. The van der Waals surface area contributed by atoms with Crippen molar-refractivity contribution in [2.75, 3.05) is 0 Å². The lowest BCUT2D eigenvalue weighted by atomic mass is 9.87. The Balaban J connectivity index is 0.00000137. The van der Waals surface area contributed by atoms with E-state index in [1.54, 1.807) is 6.92 Å². The van der Waals surface area contributed by atoms with Crippen molar-refractivity contribution in [3.05, 3.63) is 59.7 Å². The highest BCUT2D eigenvalue weighted by molar-refractivity contribution is 5.87. The molecule has 98 valence electrons. The molecule has 0 saturated carbocycles. The maximum Gasteiger partial charge on any atom is 0.141 e. The molecule has 0 fully saturated rings. The molecule has 0 spiro atoms. The summed E-state index contributed by atoms with van der Waals surface area (Å²) in [6.45, 7) is 9.57. The molecule has 0 amide bonds. The number of carbonyl (C=O) groups is 1. The Hall–Kier alpha value is -1.63. The summed E-state index contributed by atoms with van der Waals surface area (Å²) in [6, 6.07) is 9.90. The van der Waals surface area contributed by atoms with Crippen molar-refractivity contribution >= 4 is 5.78 Å². The van der Waals surface area contributed by atoms with Gasteiger partial charge in [0.2, 0.25) is 0 Å². The molecule has 0 aromatic heterocycles. The molecule has 0 aliphatic carbocycles. The van der Waals surface area contributed by atoms with E-state index in [0.717, 1.165) is 11.1 Å². The van der Waals surface area contributed by atoms with Gasteiger partial charge in [0.05, 0.1) is 5.92 Å². The zero-order chi connectivity index (χ0) is 14.0. The van der Waals surface area contributed by atoms with E-state index in [-0.39, 0.29) is 11.7 Å². The van der Waals surface area contributed by atoms with Crippen molar-refractivity contribution < 1.29 is 4.79 Å². The molecule has 0 aliphatic rings. The van der Waals surface area contributed by atoms with E-state index < -0.39 is 0 Å². The standard InChI is InChI=1S/C15H18O.C2H6/c1-4-9-13(5-2)15(12(3)16)14-10-7-6-8-11-14;1-2/h4-11,15H,1-3H3;1-2H3/b9-4-,13-5+;. The van der Waals surface area contributed by atoms with Gasteiger partial charge in [-0.2, -0.15) is 0 Å². The highest BCUT2D eigenvalue weighted by Gasteiger charge is 2.18. The van der Waals surface area contributed by atoms with Gasteiger partial charge < -0.3 is 0 Å². The van der Waals surface area contributed by atoms with Crippen LogP contribution in [0.1, 0.15) is 46.1 Å². The molecule has 1 unspecified atom stereocenters. The second-order valence-electron chi connectivity index (χ2n) is 3.74. The van der Waals surface area contributed by atoms with E-state index in [0.29, 0.717) is 0 Å². The van der Waals surface area contributed by atoms with E-state index in [1.807, 2.05) is 76.3 Å². The Kier molecular flexibility index (Phi) is 8.55. The average Bonchev–Trinajstić information content (AvgIpc) is 2.41. The number of Topliss-reactive ketones (excluding diaryl/α,β-unsaturated/α-hetero) is 1. The van der Waals surface area contributed by atoms with Crippen molar-refractivity contribution in [3.8, 4) is 0 Å². The van der Waals surface area contributed by atoms with Crippen LogP contribution in [-0.4, -0.2) is 5.78 Å². The van der Waals surface area contributed by atoms with Crippen LogP contribution in [0.3, 0.4) is 0 Å². The molecule has 18 heavy (non-hydrogen) atoms. The van der Waals surface area contributed by atoms with Gasteiger partial charge in [0, 0.05) is 0 Å². The molecular weight excluding hydrogens is 220 g/mol. The fraction of sp³-hybridized carbons (Fsp3) is 0.353. The molecule has 1 rings (SSSR count). The smallest absolute Gasteiger partial charge is 0.141 e. The first-order valence-electron chi connectivity index (χ1n) is 6.55. The van der Waals surface area contributed by atoms with Crippen LogP contribution in [0.25, 0.3) is 0 Å². The fourth-order valence-electron chi connectivity index (χ4n) is 1.86. The minimum atomic E-state index is -0.137. The molecular formula is C17H24O. The molecule has 1 nitrogen and oxygen atoms in total. The largest absolute Gasteiger partial charge is 0.299 e. The van der Waals surface area contributed by atoms with Crippen LogP contribution in [-0.2, 0) is 4.79 Å². The quantitative estimate of drug-likeness (QED) is 0.688. The zero-order valence-electron chi connectivity index (χ0n) is 12.1. The topological polar surface area (TPSA) is 17.1 Å². The van der Waals surface area contributed by atoms with Gasteiger partial charge in [-0.05, 0) is 31.9 Å². The maximum atomic E-state index is 11.7. The van der Waals surface area contributed by atoms with E-state index in [4.69, 9.17) is 0 Å². The summed E-state index contributed by atoms with van der Waals surface area (Å²) in [5.74, 6) is 0.0415. The lowest BCUT2D eigenvalue weighted by molar-refractivity contribution is -0.117. The van der Waals surface area contributed by atoms with Crippen LogP contribution in [0.2, 0.25) is 0 Å². The van der Waals surface area contributed by atoms with Gasteiger partial charge in [-0.1, -0.05) is 62.4 Å². The van der Waals surface area contributed by atoms with E-state index in [2.05, 4.69) is 0 Å². The Morgan fingerprint density at radius 3 is 2.06 bits per heavy atom. The predicted molar refractivity (Wildman–Crippen MR) is 79.8 cm³/mol. The van der Waals surface area contributed by atoms with Crippen molar-refractivity contribution in [1.29, 1.82) is 0 Å². The molecule has 1 aromatic rings. The molecule has 0 heterocycles. The van der Waals surface area contributed by atoms with Crippen molar-refractivity contribution in [3.63, 3.8) is 0 Å². The SMILES string of the molecule is C/C=C\C(=C/C)C(C(C)=O)c1ccccc1.CC. The minimum absolute atomic E-state index is 0.137. The number of hydrogen-bond acceptors (Lipinski definition) is 1. The lowest BCUT2D eigenvalue weighted by Gasteiger charge is -2.15. The van der Waals surface area contributed by atoms with Crippen LogP contribution in [0.15, 0.2) is 54.1 Å². The monoisotopic (exact) mass is 244 g/mol. The molecule has 0 aliphatic heterocycles. The maximum absolute atomic E-state index is 11.7. The Morgan fingerprint density at radius 1 is 1.11 bits per heavy atom.